The third kappa shape index (κ3) is 3.30. The van der Waals surface area contributed by atoms with E-state index < -0.39 is 0 Å². The predicted molar refractivity (Wildman–Crippen MR) is 84.6 cm³/mol. The lowest BCUT2D eigenvalue weighted by atomic mass is 10.1. The quantitative estimate of drug-likeness (QED) is 0.794. The number of phenolic OH excluding ortho intramolecular Hbond substituents is 1. The zero-order valence-electron chi connectivity index (χ0n) is 11.4. The highest BCUT2D eigenvalue weighted by molar-refractivity contribution is 14.1. The van der Waals surface area contributed by atoms with Crippen LogP contribution < -0.4 is 5.32 Å². The molecule has 20 heavy (non-hydrogen) atoms. The minimum atomic E-state index is -0.285. The summed E-state index contributed by atoms with van der Waals surface area (Å²) in [5.74, 6) is -0.295. The van der Waals surface area contributed by atoms with Crippen molar-refractivity contribution in [1.82, 2.24) is 15.1 Å². The highest BCUT2D eigenvalue weighted by Crippen LogP contribution is 2.19. The van der Waals surface area contributed by atoms with Gasteiger partial charge in [0.25, 0.3) is 5.91 Å². The van der Waals surface area contributed by atoms with Crippen molar-refractivity contribution in [2.45, 2.75) is 19.9 Å². The molecule has 1 aromatic carbocycles. The van der Waals surface area contributed by atoms with E-state index in [0.717, 1.165) is 21.2 Å². The van der Waals surface area contributed by atoms with Gasteiger partial charge in [0.2, 0.25) is 0 Å². The molecule has 0 aliphatic carbocycles. The van der Waals surface area contributed by atoms with E-state index in [4.69, 9.17) is 0 Å². The van der Waals surface area contributed by atoms with E-state index in [1.165, 1.54) is 6.07 Å². The Kier molecular flexibility index (Phi) is 4.64. The van der Waals surface area contributed by atoms with Gasteiger partial charge in [0.15, 0.2) is 0 Å². The highest BCUT2D eigenvalue weighted by Gasteiger charge is 2.13. The number of hydrogen-bond donors (Lipinski definition) is 2. The van der Waals surface area contributed by atoms with Gasteiger partial charge in [-0.3, -0.25) is 9.48 Å². The molecule has 0 saturated heterocycles. The molecule has 106 valence electrons. The second-order valence-electron chi connectivity index (χ2n) is 4.47. The number of aromatic nitrogens is 2. The fourth-order valence-corrected chi connectivity index (χ4v) is 2.48. The van der Waals surface area contributed by atoms with Gasteiger partial charge in [-0.1, -0.05) is 6.92 Å². The van der Waals surface area contributed by atoms with E-state index in [1.54, 1.807) is 16.8 Å². The molecule has 2 aromatic rings. The van der Waals surface area contributed by atoms with Crippen molar-refractivity contribution in [1.29, 1.82) is 0 Å². The summed E-state index contributed by atoms with van der Waals surface area (Å²) in [6, 6.07) is 4.94. The van der Waals surface area contributed by atoms with Crippen molar-refractivity contribution in [2.75, 3.05) is 0 Å². The Bertz CT molecular complexity index is 637. The van der Waals surface area contributed by atoms with Crippen LogP contribution >= 0.6 is 22.6 Å². The van der Waals surface area contributed by atoms with Crippen LogP contribution in [-0.2, 0) is 20.0 Å². The summed E-state index contributed by atoms with van der Waals surface area (Å²) in [5.41, 5.74) is 2.26. The monoisotopic (exact) mass is 385 g/mol. The summed E-state index contributed by atoms with van der Waals surface area (Å²) in [4.78, 5) is 12.1. The van der Waals surface area contributed by atoms with Crippen LogP contribution in [0.4, 0.5) is 0 Å². The molecule has 0 aliphatic heterocycles. The molecule has 1 aromatic heterocycles. The Morgan fingerprint density at radius 3 is 2.95 bits per heavy atom. The molecule has 0 aliphatic rings. The molecule has 1 heterocycles. The number of halogens is 1. The van der Waals surface area contributed by atoms with Crippen LogP contribution in [0, 0.1) is 3.57 Å². The molecule has 2 N–H and O–H groups in total. The molecule has 0 bridgehead atoms. The van der Waals surface area contributed by atoms with Gasteiger partial charge in [0.05, 0.1) is 11.3 Å². The Labute approximate surface area is 131 Å². The number of nitrogens with zero attached hydrogens (tertiary/aromatic N) is 2. The Morgan fingerprint density at radius 2 is 2.25 bits per heavy atom. The van der Waals surface area contributed by atoms with Gasteiger partial charge < -0.3 is 10.4 Å². The van der Waals surface area contributed by atoms with Crippen molar-refractivity contribution in [3.05, 3.63) is 44.8 Å². The highest BCUT2D eigenvalue weighted by atomic mass is 127. The third-order valence-corrected chi connectivity index (χ3v) is 3.64. The molecule has 0 atom stereocenters. The first-order valence-electron chi connectivity index (χ1n) is 6.29. The Hall–Kier alpha value is -1.57. The van der Waals surface area contributed by atoms with Crippen molar-refractivity contribution in [3.63, 3.8) is 0 Å². The van der Waals surface area contributed by atoms with Gasteiger partial charge in [-0.25, -0.2) is 0 Å². The molecular formula is C14H16IN3O2. The number of hydrogen-bond acceptors (Lipinski definition) is 3. The molecular weight excluding hydrogens is 369 g/mol. The minimum absolute atomic E-state index is 0.00943. The van der Waals surface area contributed by atoms with Crippen LogP contribution in [-0.4, -0.2) is 20.8 Å². The second-order valence-corrected chi connectivity index (χ2v) is 5.72. The smallest absolute Gasteiger partial charge is 0.255 e. The minimum Gasteiger partial charge on any atom is -0.507 e. The average molecular weight is 385 g/mol. The van der Waals surface area contributed by atoms with Crippen LogP contribution in [0.3, 0.4) is 0 Å². The number of carbonyl (C=O) groups is 1. The molecule has 5 nitrogen and oxygen atoms in total. The number of aryl methyl sites for hydroxylation is 2. The van der Waals surface area contributed by atoms with Gasteiger partial charge in [-0.05, 0) is 47.2 Å². The summed E-state index contributed by atoms with van der Waals surface area (Å²) in [6.07, 6.45) is 2.72. The number of rotatable bonds is 4. The first-order valence-corrected chi connectivity index (χ1v) is 7.37. The number of amides is 1. The van der Waals surface area contributed by atoms with Gasteiger partial charge in [0, 0.05) is 28.9 Å². The summed E-state index contributed by atoms with van der Waals surface area (Å²) in [7, 11) is 1.86. The SMILES string of the molecule is CCc1nn(C)cc1CNC(=O)c1cc(I)ccc1O. The lowest BCUT2D eigenvalue weighted by molar-refractivity contribution is 0.0948. The van der Waals surface area contributed by atoms with Crippen LogP contribution in [0.2, 0.25) is 0 Å². The largest absolute Gasteiger partial charge is 0.507 e. The summed E-state index contributed by atoms with van der Waals surface area (Å²) in [5, 5.41) is 16.9. The molecule has 2 rings (SSSR count). The van der Waals surface area contributed by atoms with E-state index in [-0.39, 0.29) is 11.7 Å². The lowest BCUT2D eigenvalue weighted by Crippen LogP contribution is -2.23. The molecule has 0 fully saturated rings. The second kappa shape index (κ2) is 6.25. The zero-order valence-corrected chi connectivity index (χ0v) is 13.5. The van der Waals surface area contributed by atoms with Gasteiger partial charge >= 0.3 is 0 Å². The number of aromatic hydroxyl groups is 1. The van der Waals surface area contributed by atoms with E-state index in [9.17, 15) is 9.90 Å². The summed E-state index contributed by atoms with van der Waals surface area (Å²) < 4.78 is 2.64. The normalized spacial score (nSPS) is 10.6. The fourth-order valence-electron chi connectivity index (χ4n) is 1.99. The Morgan fingerprint density at radius 1 is 1.50 bits per heavy atom. The maximum atomic E-state index is 12.1. The predicted octanol–water partition coefficient (Wildman–Crippen LogP) is 2.22. The van der Waals surface area contributed by atoms with Crippen LogP contribution in [0.25, 0.3) is 0 Å². The first kappa shape index (κ1) is 14.8. The van der Waals surface area contributed by atoms with Gasteiger partial charge in [-0.2, -0.15) is 5.10 Å². The lowest BCUT2D eigenvalue weighted by Gasteiger charge is -2.07. The van der Waals surface area contributed by atoms with Gasteiger partial charge in [0.1, 0.15) is 5.75 Å². The van der Waals surface area contributed by atoms with Crippen LogP contribution in [0.5, 0.6) is 5.75 Å². The number of benzene rings is 1. The van der Waals surface area contributed by atoms with Gasteiger partial charge in [-0.15, -0.1) is 0 Å². The van der Waals surface area contributed by atoms with E-state index in [0.29, 0.717) is 12.1 Å². The van der Waals surface area contributed by atoms with Crippen molar-refractivity contribution < 1.29 is 9.90 Å². The van der Waals surface area contributed by atoms with E-state index >= 15 is 0 Å². The standard InChI is InChI=1S/C14H16IN3O2/c1-3-12-9(8-18(2)17-12)7-16-14(20)11-6-10(15)4-5-13(11)19/h4-6,8,19H,3,7H2,1-2H3,(H,16,20). The molecule has 1 amide bonds. The maximum absolute atomic E-state index is 12.1. The van der Waals surface area contributed by atoms with Crippen LogP contribution in [0.1, 0.15) is 28.5 Å². The average Bonchev–Trinajstić information content (AvgIpc) is 2.79. The summed E-state index contributed by atoms with van der Waals surface area (Å²) >= 11 is 2.11. The molecule has 0 unspecified atom stereocenters. The van der Waals surface area contributed by atoms with Crippen molar-refractivity contribution >= 4 is 28.5 Å². The third-order valence-electron chi connectivity index (χ3n) is 2.97. The zero-order chi connectivity index (χ0) is 14.7. The van der Waals surface area contributed by atoms with Crippen LogP contribution in [0.15, 0.2) is 24.4 Å². The summed E-state index contributed by atoms with van der Waals surface area (Å²) in [6.45, 7) is 2.43. The topological polar surface area (TPSA) is 67.2 Å². The number of carbonyl (C=O) groups excluding carboxylic acids is 1. The molecule has 0 radical (unpaired) electrons. The maximum Gasteiger partial charge on any atom is 0.255 e. The molecule has 0 saturated carbocycles. The number of phenols is 1. The van der Waals surface area contributed by atoms with Crippen molar-refractivity contribution in [3.8, 4) is 5.75 Å². The van der Waals surface area contributed by atoms with Crippen molar-refractivity contribution in [2.24, 2.45) is 7.05 Å². The fraction of sp³-hybridized carbons (Fsp3) is 0.286. The molecule has 0 spiro atoms. The first-order chi connectivity index (χ1) is 9.51. The molecule has 6 heteroatoms. The number of nitrogens with one attached hydrogen (secondary N) is 1. The van der Waals surface area contributed by atoms with E-state index in [1.807, 2.05) is 20.2 Å². The van der Waals surface area contributed by atoms with E-state index in [2.05, 4.69) is 33.0 Å². The Balaban J connectivity index is 2.10.